The van der Waals surface area contributed by atoms with Crippen molar-refractivity contribution in [3.8, 4) is 0 Å². The maximum Gasteiger partial charge on any atom is 0.217 e. The van der Waals surface area contributed by atoms with Gasteiger partial charge < -0.3 is 9.72 Å². The standard InChI is InChI=1S/C12H11FN2O2/c1-8(16)14-7-12(17)10-3-5-15-4-2-9(13)6-11(10)15/h2-6H,7H2,1H3,(H,14,16). The van der Waals surface area contributed by atoms with Gasteiger partial charge in [0.1, 0.15) is 5.82 Å². The van der Waals surface area contributed by atoms with E-state index < -0.39 is 5.82 Å². The molecule has 5 heteroatoms. The average Bonchev–Trinajstić information content (AvgIpc) is 2.68. The third kappa shape index (κ3) is 2.33. The summed E-state index contributed by atoms with van der Waals surface area (Å²) < 4.78 is 14.7. The van der Waals surface area contributed by atoms with E-state index in [1.54, 1.807) is 22.9 Å². The third-order valence-electron chi connectivity index (χ3n) is 2.42. The first-order valence-electron chi connectivity index (χ1n) is 5.12. The Kier molecular flexibility index (Phi) is 2.91. The topological polar surface area (TPSA) is 50.6 Å². The molecule has 4 nitrogen and oxygen atoms in total. The molecule has 2 rings (SSSR count). The van der Waals surface area contributed by atoms with E-state index in [1.165, 1.54) is 19.1 Å². The molecule has 0 saturated carbocycles. The predicted octanol–water partition coefficient (Wildman–Crippen LogP) is 1.40. The van der Waals surface area contributed by atoms with Gasteiger partial charge in [0.15, 0.2) is 5.78 Å². The van der Waals surface area contributed by atoms with E-state index in [-0.39, 0.29) is 18.2 Å². The number of pyridine rings is 1. The third-order valence-corrected chi connectivity index (χ3v) is 2.42. The fourth-order valence-corrected chi connectivity index (χ4v) is 1.61. The molecule has 0 bridgehead atoms. The number of carbonyl (C=O) groups is 2. The molecule has 1 amide bonds. The number of nitrogens with one attached hydrogen (secondary N) is 1. The summed E-state index contributed by atoms with van der Waals surface area (Å²) in [5.41, 5.74) is 0.901. The van der Waals surface area contributed by atoms with E-state index in [2.05, 4.69) is 5.32 Å². The van der Waals surface area contributed by atoms with Crippen molar-refractivity contribution >= 4 is 17.2 Å². The number of hydrogen-bond donors (Lipinski definition) is 1. The SMILES string of the molecule is CC(=O)NCC(=O)c1ccn2ccc(F)cc12. The normalized spacial score (nSPS) is 10.5. The van der Waals surface area contributed by atoms with Gasteiger partial charge >= 0.3 is 0 Å². The summed E-state index contributed by atoms with van der Waals surface area (Å²) in [4.78, 5) is 22.5. The van der Waals surface area contributed by atoms with Crippen LogP contribution in [0.1, 0.15) is 17.3 Å². The van der Waals surface area contributed by atoms with Crippen molar-refractivity contribution in [3.63, 3.8) is 0 Å². The zero-order valence-corrected chi connectivity index (χ0v) is 9.24. The van der Waals surface area contributed by atoms with Crippen LogP contribution in [0.5, 0.6) is 0 Å². The highest BCUT2D eigenvalue weighted by atomic mass is 19.1. The van der Waals surface area contributed by atoms with Crippen LogP contribution in [0.2, 0.25) is 0 Å². The first-order chi connectivity index (χ1) is 8.08. The van der Waals surface area contributed by atoms with E-state index in [9.17, 15) is 14.0 Å². The minimum Gasteiger partial charge on any atom is -0.349 e. The number of aromatic nitrogens is 1. The van der Waals surface area contributed by atoms with E-state index in [1.807, 2.05) is 0 Å². The van der Waals surface area contributed by atoms with E-state index >= 15 is 0 Å². The lowest BCUT2D eigenvalue weighted by Crippen LogP contribution is -2.27. The van der Waals surface area contributed by atoms with Gasteiger partial charge in [-0.15, -0.1) is 0 Å². The lowest BCUT2D eigenvalue weighted by atomic mass is 10.1. The molecule has 0 saturated heterocycles. The Morgan fingerprint density at radius 2 is 2.06 bits per heavy atom. The van der Waals surface area contributed by atoms with Crippen LogP contribution in [-0.4, -0.2) is 22.6 Å². The Bertz CT molecular complexity index is 589. The van der Waals surface area contributed by atoms with Gasteiger partial charge in [-0.25, -0.2) is 4.39 Å². The first-order valence-corrected chi connectivity index (χ1v) is 5.12. The maximum atomic E-state index is 13.1. The Morgan fingerprint density at radius 1 is 1.35 bits per heavy atom. The quantitative estimate of drug-likeness (QED) is 0.816. The molecule has 0 aliphatic carbocycles. The summed E-state index contributed by atoms with van der Waals surface area (Å²) in [5.74, 6) is -0.911. The molecule has 88 valence electrons. The number of nitrogens with zero attached hydrogens (tertiary/aromatic N) is 1. The fraction of sp³-hybridized carbons (Fsp3) is 0.167. The molecular formula is C12H11FN2O2. The monoisotopic (exact) mass is 234 g/mol. The fourth-order valence-electron chi connectivity index (χ4n) is 1.61. The van der Waals surface area contributed by atoms with Crippen molar-refractivity contribution in [1.82, 2.24) is 9.72 Å². The van der Waals surface area contributed by atoms with Crippen molar-refractivity contribution in [3.05, 3.63) is 42.0 Å². The van der Waals surface area contributed by atoms with Crippen molar-refractivity contribution in [2.24, 2.45) is 0 Å². The van der Waals surface area contributed by atoms with Gasteiger partial charge in [-0.1, -0.05) is 0 Å². The van der Waals surface area contributed by atoms with E-state index in [0.717, 1.165) is 0 Å². The van der Waals surface area contributed by atoms with Crippen molar-refractivity contribution < 1.29 is 14.0 Å². The molecule has 0 fully saturated rings. The second kappa shape index (κ2) is 4.37. The van der Waals surface area contributed by atoms with Gasteiger partial charge in [0.2, 0.25) is 5.91 Å². The minimum absolute atomic E-state index is 0.0779. The van der Waals surface area contributed by atoms with Crippen LogP contribution in [0.15, 0.2) is 30.6 Å². The minimum atomic E-state index is -0.398. The molecule has 2 heterocycles. The van der Waals surface area contributed by atoms with Crippen molar-refractivity contribution in [2.45, 2.75) is 6.92 Å². The summed E-state index contributed by atoms with van der Waals surface area (Å²) in [6, 6.07) is 4.22. The molecule has 0 radical (unpaired) electrons. The second-order valence-corrected chi connectivity index (χ2v) is 3.70. The molecule has 0 aliphatic heterocycles. The highest BCUT2D eigenvalue weighted by molar-refractivity contribution is 6.04. The van der Waals surface area contributed by atoms with Gasteiger partial charge in [0, 0.05) is 24.9 Å². The summed E-state index contributed by atoms with van der Waals surface area (Å²) >= 11 is 0. The number of rotatable bonds is 3. The van der Waals surface area contributed by atoms with Gasteiger partial charge in [0.05, 0.1) is 12.1 Å². The number of ketones is 1. The molecule has 0 atom stereocenters. The molecule has 17 heavy (non-hydrogen) atoms. The Morgan fingerprint density at radius 3 is 2.76 bits per heavy atom. The summed E-state index contributed by atoms with van der Waals surface area (Å²) in [5, 5.41) is 2.42. The smallest absolute Gasteiger partial charge is 0.217 e. The number of halogens is 1. The number of fused-ring (bicyclic) bond motifs is 1. The molecule has 2 aromatic rings. The van der Waals surface area contributed by atoms with E-state index in [4.69, 9.17) is 0 Å². The molecule has 0 unspecified atom stereocenters. The largest absolute Gasteiger partial charge is 0.349 e. The summed E-state index contributed by atoms with van der Waals surface area (Å²) in [7, 11) is 0. The summed E-state index contributed by atoms with van der Waals surface area (Å²) in [6.07, 6.45) is 3.22. The first kappa shape index (κ1) is 11.3. The van der Waals surface area contributed by atoms with Crippen LogP contribution in [0.4, 0.5) is 4.39 Å². The number of amides is 1. The number of Topliss-reactive ketones (excluding diaryl/α,β-unsaturated/α-hetero) is 1. The molecule has 0 aromatic carbocycles. The van der Waals surface area contributed by atoms with Gasteiger partial charge in [-0.3, -0.25) is 9.59 Å². The zero-order chi connectivity index (χ0) is 12.4. The van der Waals surface area contributed by atoms with Crippen LogP contribution < -0.4 is 5.32 Å². The van der Waals surface area contributed by atoms with Crippen LogP contribution in [0.25, 0.3) is 5.52 Å². The lowest BCUT2D eigenvalue weighted by Gasteiger charge is -2.01. The number of hydrogen-bond acceptors (Lipinski definition) is 2. The lowest BCUT2D eigenvalue weighted by molar-refractivity contribution is -0.118. The highest BCUT2D eigenvalue weighted by Crippen LogP contribution is 2.14. The highest BCUT2D eigenvalue weighted by Gasteiger charge is 2.12. The summed E-state index contributed by atoms with van der Waals surface area (Å²) in [6.45, 7) is 1.26. The number of carbonyl (C=O) groups excluding carboxylic acids is 2. The Labute approximate surface area is 97.0 Å². The van der Waals surface area contributed by atoms with Crippen LogP contribution in [-0.2, 0) is 4.79 Å². The van der Waals surface area contributed by atoms with Crippen LogP contribution >= 0.6 is 0 Å². The average molecular weight is 234 g/mol. The van der Waals surface area contributed by atoms with Gasteiger partial charge in [0.25, 0.3) is 0 Å². The van der Waals surface area contributed by atoms with Crippen molar-refractivity contribution in [1.29, 1.82) is 0 Å². The molecule has 1 N–H and O–H groups in total. The van der Waals surface area contributed by atoms with Gasteiger partial charge in [-0.2, -0.15) is 0 Å². The Balaban J connectivity index is 2.32. The van der Waals surface area contributed by atoms with Crippen LogP contribution in [0.3, 0.4) is 0 Å². The predicted molar refractivity (Wildman–Crippen MR) is 60.4 cm³/mol. The molecular weight excluding hydrogens is 223 g/mol. The van der Waals surface area contributed by atoms with E-state index in [0.29, 0.717) is 11.1 Å². The van der Waals surface area contributed by atoms with Crippen LogP contribution in [0, 0.1) is 5.82 Å². The molecule has 0 aliphatic rings. The molecule has 2 aromatic heterocycles. The Hall–Kier alpha value is -2.17. The maximum absolute atomic E-state index is 13.1. The van der Waals surface area contributed by atoms with Crippen molar-refractivity contribution in [2.75, 3.05) is 6.54 Å². The zero-order valence-electron chi connectivity index (χ0n) is 9.24. The molecule has 0 spiro atoms. The van der Waals surface area contributed by atoms with Gasteiger partial charge in [-0.05, 0) is 18.2 Å². The second-order valence-electron chi connectivity index (χ2n) is 3.70.